The highest BCUT2D eigenvalue weighted by Gasteiger charge is 2.19. The van der Waals surface area contributed by atoms with E-state index in [9.17, 15) is 9.59 Å². The summed E-state index contributed by atoms with van der Waals surface area (Å²) in [6.45, 7) is 3.37. The number of anilines is 2. The molecule has 2 amide bonds. The summed E-state index contributed by atoms with van der Waals surface area (Å²) >= 11 is 0. The molecule has 3 aromatic carbocycles. The van der Waals surface area contributed by atoms with Crippen LogP contribution in [0.1, 0.15) is 23.0 Å². The molecule has 0 saturated heterocycles. The van der Waals surface area contributed by atoms with Crippen molar-refractivity contribution >= 4 is 23.3 Å². The van der Waals surface area contributed by atoms with Gasteiger partial charge in [-0.3, -0.25) is 9.59 Å². The second-order valence-corrected chi connectivity index (χ2v) is 7.50. The van der Waals surface area contributed by atoms with Crippen molar-refractivity contribution in [1.29, 1.82) is 0 Å². The van der Waals surface area contributed by atoms with Gasteiger partial charge in [-0.15, -0.1) is 0 Å². The highest BCUT2D eigenvalue weighted by Crippen LogP contribution is 2.33. The Hall–Kier alpha value is -4.39. The van der Waals surface area contributed by atoms with E-state index in [4.69, 9.17) is 4.74 Å². The summed E-state index contributed by atoms with van der Waals surface area (Å²) in [5.41, 5.74) is 4.46. The van der Waals surface area contributed by atoms with Gasteiger partial charge in [0.15, 0.2) is 0 Å². The van der Waals surface area contributed by atoms with Crippen molar-refractivity contribution < 1.29 is 14.3 Å². The topological polar surface area (TPSA) is 85.2 Å². The van der Waals surface area contributed by atoms with Crippen molar-refractivity contribution in [2.24, 2.45) is 0 Å². The van der Waals surface area contributed by atoms with Crippen molar-refractivity contribution in [3.05, 3.63) is 90.1 Å². The second-order valence-electron chi connectivity index (χ2n) is 7.50. The van der Waals surface area contributed by atoms with E-state index in [1.807, 2.05) is 49.4 Å². The Morgan fingerprint density at radius 2 is 1.64 bits per heavy atom. The van der Waals surface area contributed by atoms with Gasteiger partial charge in [-0.1, -0.05) is 36.4 Å². The first-order chi connectivity index (χ1) is 16.0. The molecule has 0 fully saturated rings. The fraction of sp³-hybridized carbons (Fsp3) is 0.115. The molecule has 0 aliphatic carbocycles. The fourth-order valence-electron chi connectivity index (χ4n) is 3.60. The quantitative estimate of drug-likeness (QED) is 0.439. The molecule has 166 valence electrons. The number of hydrogen-bond donors (Lipinski definition) is 2. The van der Waals surface area contributed by atoms with Crippen LogP contribution in [-0.4, -0.2) is 28.7 Å². The van der Waals surface area contributed by atoms with E-state index in [1.165, 1.54) is 6.92 Å². The molecule has 2 N–H and O–H groups in total. The van der Waals surface area contributed by atoms with Gasteiger partial charge in [-0.2, -0.15) is 5.10 Å². The average Bonchev–Trinajstić information content (AvgIpc) is 3.14. The first-order valence-electron chi connectivity index (χ1n) is 10.4. The van der Waals surface area contributed by atoms with Gasteiger partial charge >= 0.3 is 0 Å². The van der Waals surface area contributed by atoms with Gasteiger partial charge in [0, 0.05) is 29.8 Å². The van der Waals surface area contributed by atoms with Crippen LogP contribution in [-0.2, 0) is 4.79 Å². The van der Waals surface area contributed by atoms with Crippen LogP contribution in [0.25, 0.3) is 16.8 Å². The highest BCUT2D eigenvalue weighted by atomic mass is 16.5. The normalized spacial score (nSPS) is 10.5. The van der Waals surface area contributed by atoms with Gasteiger partial charge in [0.25, 0.3) is 5.91 Å². The van der Waals surface area contributed by atoms with Gasteiger partial charge in [-0.05, 0) is 48.9 Å². The predicted octanol–water partition coefficient (Wildman–Crippen LogP) is 5.07. The summed E-state index contributed by atoms with van der Waals surface area (Å²) in [4.78, 5) is 24.6. The lowest BCUT2D eigenvalue weighted by atomic mass is 10.1. The molecule has 4 rings (SSSR count). The van der Waals surface area contributed by atoms with Gasteiger partial charge in [0.05, 0.1) is 18.5 Å². The lowest BCUT2D eigenvalue weighted by molar-refractivity contribution is -0.114. The van der Waals surface area contributed by atoms with Crippen LogP contribution >= 0.6 is 0 Å². The van der Waals surface area contributed by atoms with E-state index >= 15 is 0 Å². The molecule has 1 heterocycles. The Labute approximate surface area is 192 Å². The van der Waals surface area contributed by atoms with Crippen LogP contribution in [0, 0.1) is 6.92 Å². The minimum absolute atomic E-state index is 0.192. The van der Waals surface area contributed by atoms with E-state index in [-0.39, 0.29) is 11.8 Å². The van der Waals surface area contributed by atoms with E-state index in [2.05, 4.69) is 15.7 Å². The zero-order valence-corrected chi connectivity index (χ0v) is 18.6. The molecule has 0 radical (unpaired) electrons. The number of nitrogens with one attached hydrogen (secondary N) is 2. The molecular weight excluding hydrogens is 416 g/mol. The van der Waals surface area contributed by atoms with Crippen LogP contribution < -0.4 is 15.4 Å². The van der Waals surface area contributed by atoms with E-state index in [0.29, 0.717) is 22.8 Å². The monoisotopic (exact) mass is 440 g/mol. The van der Waals surface area contributed by atoms with E-state index < -0.39 is 0 Å². The smallest absolute Gasteiger partial charge is 0.255 e. The Bertz CT molecular complexity index is 1300. The zero-order chi connectivity index (χ0) is 23.4. The number of carbonyl (C=O) groups is 2. The molecule has 0 bridgehead atoms. The third-order valence-corrected chi connectivity index (χ3v) is 5.12. The predicted molar refractivity (Wildman–Crippen MR) is 129 cm³/mol. The number of carbonyl (C=O) groups excluding carboxylic acids is 2. The number of methoxy groups -OCH3 is 1. The number of ether oxygens (including phenoxy) is 1. The molecule has 0 spiro atoms. The molecule has 7 nitrogen and oxygen atoms in total. The van der Waals surface area contributed by atoms with Crippen molar-refractivity contribution in [1.82, 2.24) is 9.78 Å². The summed E-state index contributed by atoms with van der Waals surface area (Å²) in [5, 5.41) is 10.4. The molecular formula is C26H24N4O3. The molecule has 7 heteroatoms. The van der Waals surface area contributed by atoms with Crippen LogP contribution in [0.4, 0.5) is 11.5 Å². The van der Waals surface area contributed by atoms with Gasteiger partial charge in [0.2, 0.25) is 5.91 Å². The zero-order valence-electron chi connectivity index (χ0n) is 18.6. The third kappa shape index (κ3) is 4.77. The Morgan fingerprint density at radius 1 is 0.909 bits per heavy atom. The molecule has 4 aromatic rings. The highest BCUT2D eigenvalue weighted by molar-refractivity contribution is 6.04. The largest absolute Gasteiger partial charge is 0.497 e. The average molecular weight is 441 g/mol. The second kappa shape index (κ2) is 9.40. The first kappa shape index (κ1) is 21.8. The molecule has 0 atom stereocenters. The standard InChI is InChI=1S/C26H24N4O3/c1-17-24(19-8-5-4-6-9-19)25(27-18(2)31)30(29-17)22-14-12-20(13-15-22)26(32)28-21-10-7-11-23(16-21)33-3/h4-16H,1-3H3,(H,27,31)(H,28,32). The first-order valence-corrected chi connectivity index (χ1v) is 10.4. The molecule has 1 aromatic heterocycles. The fourth-order valence-corrected chi connectivity index (χ4v) is 3.60. The number of aryl methyl sites for hydroxylation is 1. The molecule has 0 aliphatic heterocycles. The Morgan fingerprint density at radius 3 is 2.30 bits per heavy atom. The summed E-state index contributed by atoms with van der Waals surface area (Å²) in [6.07, 6.45) is 0. The van der Waals surface area contributed by atoms with Crippen LogP contribution in [0.15, 0.2) is 78.9 Å². The number of benzene rings is 3. The summed E-state index contributed by atoms with van der Waals surface area (Å²) in [5.74, 6) is 0.817. The number of nitrogens with zero attached hydrogens (tertiary/aromatic N) is 2. The maximum atomic E-state index is 12.7. The maximum Gasteiger partial charge on any atom is 0.255 e. The third-order valence-electron chi connectivity index (χ3n) is 5.12. The molecule has 0 saturated carbocycles. The SMILES string of the molecule is COc1cccc(NC(=O)c2ccc(-n3nc(C)c(-c4ccccc4)c3NC(C)=O)cc2)c1. The van der Waals surface area contributed by atoms with Crippen LogP contribution in [0.3, 0.4) is 0 Å². The minimum atomic E-state index is -0.237. The van der Waals surface area contributed by atoms with E-state index in [1.54, 1.807) is 48.2 Å². The minimum Gasteiger partial charge on any atom is -0.497 e. The van der Waals surface area contributed by atoms with Crippen LogP contribution in [0.2, 0.25) is 0 Å². The molecule has 33 heavy (non-hydrogen) atoms. The number of rotatable bonds is 6. The Kier molecular flexibility index (Phi) is 6.22. The lowest BCUT2D eigenvalue weighted by Crippen LogP contribution is -2.13. The van der Waals surface area contributed by atoms with Crippen molar-refractivity contribution in [3.63, 3.8) is 0 Å². The summed E-state index contributed by atoms with van der Waals surface area (Å²) in [7, 11) is 1.58. The molecule has 0 unspecified atom stereocenters. The molecule has 0 aliphatic rings. The van der Waals surface area contributed by atoms with Gasteiger partial charge in [0.1, 0.15) is 11.6 Å². The summed E-state index contributed by atoms with van der Waals surface area (Å²) < 4.78 is 6.88. The van der Waals surface area contributed by atoms with Gasteiger partial charge in [-0.25, -0.2) is 4.68 Å². The van der Waals surface area contributed by atoms with Gasteiger partial charge < -0.3 is 15.4 Å². The number of hydrogen-bond acceptors (Lipinski definition) is 4. The lowest BCUT2D eigenvalue weighted by Gasteiger charge is -2.11. The maximum absolute atomic E-state index is 12.7. The number of amides is 2. The Balaban J connectivity index is 1.64. The number of aromatic nitrogens is 2. The van der Waals surface area contributed by atoms with Crippen LogP contribution in [0.5, 0.6) is 5.75 Å². The van der Waals surface area contributed by atoms with Crippen molar-refractivity contribution in [2.45, 2.75) is 13.8 Å². The van der Waals surface area contributed by atoms with Crippen molar-refractivity contribution in [3.8, 4) is 22.6 Å². The van der Waals surface area contributed by atoms with E-state index in [0.717, 1.165) is 22.5 Å². The summed E-state index contributed by atoms with van der Waals surface area (Å²) in [6, 6.07) is 24.0. The van der Waals surface area contributed by atoms with Crippen molar-refractivity contribution in [2.75, 3.05) is 17.7 Å².